The lowest BCUT2D eigenvalue weighted by Crippen LogP contribution is -2.28. The van der Waals surface area contributed by atoms with Crippen molar-refractivity contribution in [3.05, 3.63) is 23.3 Å². The molecule has 1 unspecified atom stereocenters. The first kappa shape index (κ1) is 15.1. The summed E-state index contributed by atoms with van der Waals surface area (Å²) in [6.45, 7) is 3.68. The summed E-state index contributed by atoms with van der Waals surface area (Å²) in [5.74, 6) is 1.80. The third-order valence-electron chi connectivity index (χ3n) is 3.98. The number of piperidine rings is 1. The van der Waals surface area contributed by atoms with Gasteiger partial charge in [-0.2, -0.15) is 0 Å². The lowest BCUT2D eigenvalue weighted by Gasteiger charge is -2.23. The number of rotatable bonds is 5. The van der Waals surface area contributed by atoms with E-state index in [-0.39, 0.29) is 0 Å². The maximum atomic E-state index is 13.8. The van der Waals surface area contributed by atoms with Gasteiger partial charge < -0.3 is 14.8 Å². The van der Waals surface area contributed by atoms with Gasteiger partial charge in [0.25, 0.3) is 0 Å². The van der Waals surface area contributed by atoms with Crippen molar-refractivity contribution in [2.75, 3.05) is 27.3 Å². The molecule has 0 aromatic heterocycles. The molecule has 0 amide bonds. The topological polar surface area (TPSA) is 30.5 Å². The van der Waals surface area contributed by atoms with Gasteiger partial charge in [0.05, 0.1) is 14.2 Å². The first-order valence-corrected chi connectivity index (χ1v) is 7.25. The SMILES string of the molecule is COc1cc(CC2CCNCC2)cc(C(C)F)c1OC. The van der Waals surface area contributed by atoms with Gasteiger partial charge in [-0.05, 0) is 62.9 Å². The van der Waals surface area contributed by atoms with E-state index in [1.165, 1.54) is 19.8 Å². The molecule has 0 aliphatic carbocycles. The van der Waals surface area contributed by atoms with E-state index < -0.39 is 6.17 Å². The molecule has 4 heteroatoms. The molecule has 20 heavy (non-hydrogen) atoms. The lowest BCUT2D eigenvalue weighted by atomic mass is 9.90. The molecule has 1 aromatic carbocycles. The molecule has 1 heterocycles. The van der Waals surface area contributed by atoms with Gasteiger partial charge >= 0.3 is 0 Å². The Labute approximate surface area is 120 Å². The second-order valence-corrected chi connectivity index (χ2v) is 5.43. The van der Waals surface area contributed by atoms with Crippen molar-refractivity contribution in [3.63, 3.8) is 0 Å². The normalized spacial score (nSPS) is 17.8. The molecule has 1 fully saturated rings. The first-order valence-electron chi connectivity index (χ1n) is 7.25. The van der Waals surface area contributed by atoms with Crippen LogP contribution in [0.5, 0.6) is 11.5 Å². The Morgan fingerprint density at radius 3 is 2.50 bits per heavy atom. The molecule has 1 aromatic rings. The van der Waals surface area contributed by atoms with E-state index in [0.29, 0.717) is 23.0 Å². The fraction of sp³-hybridized carbons (Fsp3) is 0.625. The summed E-state index contributed by atoms with van der Waals surface area (Å²) in [4.78, 5) is 0. The number of ether oxygens (including phenoxy) is 2. The van der Waals surface area contributed by atoms with Crippen LogP contribution < -0.4 is 14.8 Å². The van der Waals surface area contributed by atoms with Gasteiger partial charge in [0.1, 0.15) is 6.17 Å². The van der Waals surface area contributed by atoms with Crippen LogP contribution in [0.15, 0.2) is 12.1 Å². The number of hydrogen-bond acceptors (Lipinski definition) is 3. The molecule has 2 rings (SSSR count). The average molecular weight is 281 g/mol. The van der Waals surface area contributed by atoms with Gasteiger partial charge in [-0.25, -0.2) is 4.39 Å². The van der Waals surface area contributed by atoms with Crippen molar-refractivity contribution in [2.24, 2.45) is 5.92 Å². The Kier molecular flexibility index (Phi) is 5.24. The Hall–Kier alpha value is -1.29. The van der Waals surface area contributed by atoms with Crippen LogP contribution in [-0.2, 0) is 6.42 Å². The van der Waals surface area contributed by atoms with E-state index in [9.17, 15) is 4.39 Å². The lowest BCUT2D eigenvalue weighted by molar-refractivity contribution is 0.322. The maximum Gasteiger partial charge on any atom is 0.166 e. The molecule has 1 N–H and O–H groups in total. The minimum Gasteiger partial charge on any atom is -0.493 e. The predicted molar refractivity (Wildman–Crippen MR) is 78.4 cm³/mol. The van der Waals surface area contributed by atoms with Gasteiger partial charge in [-0.3, -0.25) is 0 Å². The van der Waals surface area contributed by atoms with Crippen LogP contribution in [0, 0.1) is 5.92 Å². The van der Waals surface area contributed by atoms with Crippen LogP contribution >= 0.6 is 0 Å². The van der Waals surface area contributed by atoms with Crippen molar-refractivity contribution < 1.29 is 13.9 Å². The fourth-order valence-electron chi connectivity index (χ4n) is 2.89. The first-order chi connectivity index (χ1) is 9.65. The summed E-state index contributed by atoms with van der Waals surface area (Å²) in [7, 11) is 3.15. The van der Waals surface area contributed by atoms with Crippen molar-refractivity contribution in [3.8, 4) is 11.5 Å². The van der Waals surface area contributed by atoms with Crippen LogP contribution in [-0.4, -0.2) is 27.3 Å². The number of halogens is 1. The molecular formula is C16H24FNO2. The smallest absolute Gasteiger partial charge is 0.166 e. The largest absolute Gasteiger partial charge is 0.493 e. The Morgan fingerprint density at radius 1 is 1.25 bits per heavy atom. The summed E-state index contributed by atoms with van der Waals surface area (Å²) in [5, 5.41) is 3.37. The van der Waals surface area contributed by atoms with Crippen LogP contribution in [0.1, 0.15) is 37.1 Å². The molecule has 3 nitrogen and oxygen atoms in total. The third kappa shape index (κ3) is 3.42. The summed E-state index contributed by atoms with van der Waals surface area (Å²) >= 11 is 0. The van der Waals surface area contributed by atoms with Gasteiger partial charge in [0.2, 0.25) is 0 Å². The number of methoxy groups -OCH3 is 2. The molecule has 1 atom stereocenters. The fourth-order valence-corrected chi connectivity index (χ4v) is 2.89. The zero-order chi connectivity index (χ0) is 14.5. The molecular weight excluding hydrogens is 257 g/mol. The van der Waals surface area contributed by atoms with Crippen LogP contribution in [0.3, 0.4) is 0 Å². The number of benzene rings is 1. The van der Waals surface area contributed by atoms with Crippen molar-refractivity contribution in [1.82, 2.24) is 5.32 Å². The van der Waals surface area contributed by atoms with Crippen molar-refractivity contribution >= 4 is 0 Å². The highest BCUT2D eigenvalue weighted by atomic mass is 19.1. The highest BCUT2D eigenvalue weighted by Crippen LogP contribution is 2.38. The molecule has 1 aliphatic rings. The minimum atomic E-state index is -1.06. The van der Waals surface area contributed by atoms with Gasteiger partial charge in [0.15, 0.2) is 11.5 Å². The number of alkyl halides is 1. The second-order valence-electron chi connectivity index (χ2n) is 5.43. The summed E-state index contributed by atoms with van der Waals surface area (Å²) in [6, 6.07) is 3.90. The summed E-state index contributed by atoms with van der Waals surface area (Å²) in [6.07, 6.45) is 2.26. The Bertz CT molecular complexity index is 442. The summed E-state index contributed by atoms with van der Waals surface area (Å²) in [5.41, 5.74) is 1.71. The molecule has 112 valence electrons. The van der Waals surface area contributed by atoms with Crippen molar-refractivity contribution in [1.29, 1.82) is 0 Å². The maximum absolute atomic E-state index is 13.8. The van der Waals surface area contributed by atoms with E-state index in [1.54, 1.807) is 14.2 Å². The highest BCUT2D eigenvalue weighted by molar-refractivity contribution is 5.50. The predicted octanol–water partition coefficient (Wildman–Crippen LogP) is 3.28. The Balaban J connectivity index is 2.26. The number of nitrogens with one attached hydrogen (secondary N) is 1. The second kappa shape index (κ2) is 6.93. The molecule has 1 aliphatic heterocycles. The molecule has 0 spiro atoms. The number of hydrogen-bond donors (Lipinski definition) is 1. The van der Waals surface area contributed by atoms with E-state index in [2.05, 4.69) is 5.32 Å². The molecule has 1 saturated heterocycles. The van der Waals surface area contributed by atoms with Crippen LogP contribution in [0.2, 0.25) is 0 Å². The van der Waals surface area contributed by atoms with Gasteiger partial charge in [0, 0.05) is 5.56 Å². The van der Waals surface area contributed by atoms with Crippen LogP contribution in [0.4, 0.5) is 4.39 Å². The van der Waals surface area contributed by atoms with E-state index >= 15 is 0 Å². The molecule has 0 bridgehead atoms. The monoisotopic (exact) mass is 281 g/mol. The average Bonchev–Trinajstić information content (AvgIpc) is 2.47. The van der Waals surface area contributed by atoms with E-state index in [0.717, 1.165) is 25.1 Å². The zero-order valence-corrected chi connectivity index (χ0v) is 12.5. The van der Waals surface area contributed by atoms with Gasteiger partial charge in [-0.1, -0.05) is 0 Å². The standard InChI is InChI=1S/C16H24FNO2/c1-11(17)14-9-13(8-12-4-6-18-7-5-12)10-15(19-2)16(14)20-3/h9-12,18H,4-8H2,1-3H3. The van der Waals surface area contributed by atoms with Gasteiger partial charge in [-0.15, -0.1) is 0 Å². The van der Waals surface area contributed by atoms with Crippen molar-refractivity contribution in [2.45, 2.75) is 32.4 Å². The Morgan fingerprint density at radius 2 is 1.95 bits per heavy atom. The highest BCUT2D eigenvalue weighted by Gasteiger charge is 2.19. The molecule has 0 radical (unpaired) electrons. The quantitative estimate of drug-likeness (QED) is 0.898. The third-order valence-corrected chi connectivity index (χ3v) is 3.98. The van der Waals surface area contributed by atoms with Crippen LogP contribution in [0.25, 0.3) is 0 Å². The summed E-state index contributed by atoms with van der Waals surface area (Å²) < 4.78 is 24.5. The zero-order valence-electron chi connectivity index (χ0n) is 12.5. The van der Waals surface area contributed by atoms with E-state index in [1.807, 2.05) is 12.1 Å². The van der Waals surface area contributed by atoms with E-state index in [4.69, 9.17) is 9.47 Å². The minimum absolute atomic E-state index is 0.511. The molecule has 0 saturated carbocycles.